The average molecular weight is 313 g/mol. The molecular formula is C14H19NO5S. The number of hydrogen-bond donors (Lipinski definition) is 2. The van der Waals surface area contributed by atoms with Crippen molar-refractivity contribution in [1.29, 1.82) is 0 Å². The standard InChI is InChI=1S/C14H19NO5S/c1-19-11-4-7-21-12(11)13(16)15-8-10(14(17)18)9-2-5-20-6-3-9/h4,7,9-10H,2-3,5-6,8H2,1H3,(H,15,16)(H,17,18). The molecule has 1 saturated heterocycles. The Balaban J connectivity index is 1.95. The molecule has 0 bridgehead atoms. The van der Waals surface area contributed by atoms with Gasteiger partial charge in [-0.05, 0) is 30.2 Å². The lowest BCUT2D eigenvalue weighted by Gasteiger charge is -2.27. The molecule has 1 aliphatic rings. The number of thiophene rings is 1. The van der Waals surface area contributed by atoms with Crippen LogP contribution in [0, 0.1) is 11.8 Å². The van der Waals surface area contributed by atoms with Gasteiger partial charge in [0.2, 0.25) is 0 Å². The molecule has 0 saturated carbocycles. The zero-order valence-electron chi connectivity index (χ0n) is 11.8. The van der Waals surface area contributed by atoms with E-state index in [4.69, 9.17) is 9.47 Å². The van der Waals surface area contributed by atoms with Crippen molar-refractivity contribution in [2.75, 3.05) is 26.9 Å². The minimum absolute atomic E-state index is 0.0433. The number of amides is 1. The number of ether oxygens (including phenoxy) is 2. The summed E-state index contributed by atoms with van der Waals surface area (Å²) in [7, 11) is 1.50. The molecule has 7 heteroatoms. The highest BCUT2D eigenvalue weighted by molar-refractivity contribution is 7.12. The van der Waals surface area contributed by atoms with Crippen molar-refractivity contribution in [3.63, 3.8) is 0 Å². The minimum Gasteiger partial charge on any atom is -0.495 e. The van der Waals surface area contributed by atoms with E-state index in [9.17, 15) is 14.7 Å². The second kappa shape index (κ2) is 7.42. The zero-order chi connectivity index (χ0) is 15.2. The first kappa shape index (κ1) is 15.8. The number of aliphatic carboxylic acids is 1. The Labute approximate surface area is 127 Å². The summed E-state index contributed by atoms with van der Waals surface area (Å²) in [6, 6.07) is 1.72. The molecule has 2 N–H and O–H groups in total. The van der Waals surface area contributed by atoms with E-state index in [0.29, 0.717) is 23.8 Å². The predicted molar refractivity (Wildman–Crippen MR) is 77.9 cm³/mol. The van der Waals surface area contributed by atoms with Gasteiger partial charge in [0.25, 0.3) is 5.91 Å². The summed E-state index contributed by atoms with van der Waals surface area (Å²) in [5, 5.41) is 13.8. The van der Waals surface area contributed by atoms with E-state index in [0.717, 1.165) is 12.8 Å². The molecule has 1 aliphatic heterocycles. The molecule has 1 atom stereocenters. The van der Waals surface area contributed by atoms with Gasteiger partial charge in [-0.25, -0.2) is 0 Å². The number of hydrogen-bond acceptors (Lipinski definition) is 5. The van der Waals surface area contributed by atoms with Gasteiger partial charge in [-0.2, -0.15) is 0 Å². The summed E-state index contributed by atoms with van der Waals surface area (Å²) >= 11 is 1.27. The number of methoxy groups -OCH3 is 1. The molecule has 0 radical (unpaired) electrons. The van der Waals surface area contributed by atoms with Gasteiger partial charge in [0.1, 0.15) is 10.6 Å². The van der Waals surface area contributed by atoms with Crippen LogP contribution in [-0.4, -0.2) is 43.9 Å². The Morgan fingerprint density at radius 1 is 1.52 bits per heavy atom. The fraction of sp³-hybridized carbons (Fsp3) is 0.571. The molecule has 0 aliphatic carbocycles. The quantitative estimate of drug-likeness (QED) is 0.833. The van der Waals surface area contributed by atoms with E-state index < -0.39 is 11.9 Å². The molecule has 116 valence electrons. The van der Waals surface area contributed by atoms with Crippen LogP contribution in [-0.2, 0) is 9.53 Å². The molecule has 21 heavy (non-hydrogen) atoms. The molecule has 1 aromatic rings. The SMILES string of the molecule is COc1ccsc1C(=O)NCC(C(=O)O)C1CCOCC1. The van der Waals surface area contributed by atoms with Crippen molar-refractivity contribution in [1.82, 2.24) is 5.32 Å². The van der Waals surface area contributed by atoms with E-state index >= 15 is 0 Å². The van der Waals surface area contributed by atoms with E-state index in [2.05, 4.69) is 5.32 Å². The van der Waals surface area contributed by atoms with Crippen molar-refractivity contribution in [3.8, 4) is 5.75 Å². The largest absolute Gasteiger partial charge is 0.495 e. The first-order valence-corrected chi connectivity index (χ1v) is 7.71. The van der Waals surface area contributed by atoms with Crippen LogP contribution in [0.3, 0.4) is 0 Å². The van der Waals surface area contributed by atoms with Crippen LogP contribution in [0.1, 0.15) is 22.5 Å². The Kier molecular flexibility index (Phi) is 5.58. The van der Waals surface area contributed by atoms with Gasteiger partial charge in [-0.1, -0.05) is 0 Å². The molecule has 2 heterocycles. The van der Waals surface area contributed by atoms with Gasteiger partial charge >= 0.3 is 5.97 Å². The second-order valence-corrected chi connectivity index (χ2v) is 5.84. The number of nitrogens with one attached hydrogen (secondary N) is 1. The topological polar surface area (TPSA) is 84.9 Å². The molecular weight excluding hydrogens is 294 g/mol. The fourth-order valence-electron chi connectivity index (χ4n) is 2.48. The lowest BCUT2D eigenvalue weighted by Crippen LogP contribution is -2.38. The van der Waals surface area contributed by atoms with E-state index in [1.165, 1.54) is 18.4 Å². The number of carboxylic acids is 1. The predicted octanol–water partition coefficient (Wildman–Crippen LogP) is 1.61. The van der Waals surface area contributed by atoms with Gasteiger partial charge in [0.05, 0.1) is 13.0 Å². The molecule has 0 aromatic carbocycles. The molecule has 1 aromatic heterocycles. The average Bonchev–Trinajstić information content (AvgIpc) is 2.96. The van der Waals surface area contributed by atoms with Crippen LogP contribution >= 0.6 is 11.3 Å². The number of carbonyl (C=O) groups is 2. The highest BCUT2D eigenvalue weighted by atomic mass is 32.1. The van der Waals surface area contributed by atoms with Crippen molar-refractivity contribution < 1.29 is 24.2 Å². The van der Waals surface area contributed by atoms with Crippen LogP contribution < -0.4 is 10.1 Å². The van der Waals surface area contributed by atoms with E-state index in [1.54, 1.807) is 11.4 Å². The number of carbonyl (C=O) groups excluding carboxylic acids is 1. The van der Waals surface area contributed by atoms with Crippen molar-refractivity contribution in [2.45, 2.75) is 12.8 Å². The number of carboxylic acid groups (broad SMARTS) is 1. The Morgan fingerprint density at radius 2 is 2.24 bits per heavy atom. The van der Waals surface area contributed by atoms with Crippen LogP contribution in [0.2, 0.25) is 0 Å². The molecule has 6 nitrogen and oxygen atoms in total. The molecule has 1 amide bonds. The highest BCUT2D eigenvalue weighted by Crippen LogP contribution is 2.26. The highest BCUT2D eigenvalue weighted by Gasteiger charge is 2.30. The Bertz CT molecular complexity index is 495. The Hall–Kier alpha value is -1.60. The summed E-state index contributed by atoms with van der Waals surface area (Å²) in [5.41, 5.74) is 0. The summed E-state index contributed by atoms with van der Waals surface area (Å²) in [6.07, 6.45) is 1.43. The van der Waals surface area contributed by atoms with Gasteiger partial charge in [-0.3, -0.25) is 9.59 Å². The minimum atomic E-state index is -0.875. The van der Waals surface area contributed by atoms with Crippen molar-refractivity contribution >= 4 is 23.2 Å². The monoisotopic (exact) mass is 313 g/mol. The van der Waals surface area contributed by atoms with Crippen molar-refractivity contribution in [3.05, 3.63) is 16.3 Å². The second-order valence-electron chi connectivity index (χ2n) is 4.92. The Morgan fingerprint density at radius 3 is 2.86 bits per heavy atom. The summed E-state index contributed by atoms with van der Waals surface area (Å²) in [6.45, 7) is 1.29. The fourth-order valence-corrected chi connectivity index (χ4v) is 3.25. The summed E-state index contributed by atoms with van der Waals surface area (Å²) < 4.78 is 10.3. The van der Waals surface area contributed by atoms with Gasteiger partial charge < -0.3 is 19.9 Å². The van der Waals surface area contributed by atoms with Crippen LogP contribution in [0.25, 0.3) is 0 Å². The van der Waals surface area contributed by atoms with Gasteiger partial charge in [0.15, 0.2) is 0 Å². The normalized spacial score (nSPS) is 17.2. The maximum atomic E-state index is 12.1. The number of rotatable bonds is 6. The molecule has 1 fully saturated rings. The van der Waals surface area contributed by atoms with Crippen LogP contribution in [0.15, 0.2) is 11.4 Å². The lowest BCUT2D eigenvalue weighted by atomic mass is 9.86. The smallest absolute Gasteiger partial charge is 0.308 e. The first-order chi connectivity index (χ1) is 10.1. The molecule has 2 rings (SSSR count). The third kappa shape index (κ3) is 3.95. The summed E-state index contributed by atoms with van der Waals surface area (Å²) in [5.74, 6) is -1.19. The maximum absolute atomic E-state index is 12.1. The molecule has 1 unspecified atom stereocenters. The van der Waals surface area contributed by atoms with Gasteiger partial charge in [0, 0.05) is 19.8 Å². The molecule has 0 spiro atoms. The lowest BCUT2D eigenvalue weighted by molar-refractivity contribution is -0.144. The summed E-state index contributed by atoms with van der Waals surface area (Å²) in [4.78, 5) is 24.0. The van der Waals surface area contributed by atoms with Crippen LogP contribution in [0.5, 0.6) is 5.75 Å². The van der Waals surface area contributed by atoms with Crippen LogP contribution in [0.4, 0.5) is 0 Å². The third-order valence-corrected chi connectivity index (χ3v) is 4.58. The first-order valence-electron chi connectivity index (χ1n) is 6.83. The maximum Gasteiger partial charge on any atom is 0.308 e. The third-order valence-electron chi connectivity index (χ3n) is 3.69. The van der Waals surface area contributed by atoms with E-state index in [-0.39, 0.29) is 18.4 Å². The van der Waals surface area contributed by atoms with Crippen molar-refractivity contribution in [2.24, 2.45) is 11.8 Å². The van der Waals surface area contributed by atoms with E-state index in [1.807, 2.05) is 0 Å². The van der Waals surface area contributed by atoms with Gasteiger partial charge in [-0.15, -0.1) is 11.3 Å². The zero-order valence-corrected chi connectivity index (χ0v) is 12.6.